The second kappa shape index (κ2) is 1.82. The molecule has 2 aliphatic carbocycles. The topological polar surface area (TPSA) is 50.1 Å². The number of esters is 1. The summed E-state index contributed by atoms with van der Waals surface area (Å²) in [5, 5.41) is 8.87. The summed E-state index contributed by atoms with van der Waals surface area (Å²) in [5.74, 6) is 0.602. The van der Waals surface area contributed by atoms with Gasteiger partial charge in [0.1, 0.15) is 6.10 Å². The van der Waals surface area contributed by atoms with E-state index in [1.54, 1.807) is 0 Å². The van der Waals surface area contributed by atoms with Gasteiger partial charge in [0.05, 0.1) is 17.9 Å². The number of ether oxygens (including phenoxy) is 1. The molecule has 0 amide bonds. The van der Waals surface area contributed by atoms with Gasteiger partial charge in [-0.3, -0.25) is 4.79 Å². The molecule has 62 valence electrons. The molecule has 3 heteroatoms. The summed E-state index contributed by atoms with van der Waals surface area (Å²) in [6.45, 7) is 0. The van der Waals surface area contributed by atoms with Gasteiger partial charge in [-0.25, -0.2) is 0 Å². The Hall–Kier alpha value is -1.04. The van der Waals surface area contributed by atoms with Crippen LogP contribution in [0.4, 0.5) is 0 Å². The number of nitrogens with zero attached hydrogens (tertiary/aromatic N) is 1. The lowest BCUT2D eigenvalue weighted by Gasteiger charge is -2.17. The van der Waals surface area contributed by atoms with Crippen molar-refractivity contribution in [2.24, 2.45) is 23.7 Å². The average Bonchev–Trinajstić information content (AvgIpc) is 2.61. The lowest BCUT2D eigenvalue weighted by Crippen LogP contribution is -2.24. The third-order valence-electron chi connectivity index (χ3n) is 3.63. The zero-order valence-corrected chi connectivity index (χ0v) is 6.56. The Morgan fingerprint density at radius 3 is 3.08 bits per heavy atom. The maximum atomic E-state index is 11.3. The van der Waals surface area contributed by atoms with Crippen LogP contribution in [-0.2, 0) is 9.53 Å². The molecule has 1 aliphatic heterocycles. The maximum Gasteiger partial charge on any atom is 0.310 e. The highest BCUT2D eigenvalue weighted by Gasteiger charge is 2.62. The predicted molar refractivity (Wildman–Crippen MR) is 38.7 cm³/mol. The number of rotatable bonds is 0. The SMILES string of the molecule is N#C[C@@H]1[C@@H]2C[C@@H]3[C@@H]1C(=O)O[C@@H]3C2. The highest BCUT2D eigenvalue weighted by Crippen LogP contribution is 2.57. The molecule has 3 nitrogen and oxygen atoms in total. The van der Waals surface area contributed by atoms with E-state index in [1.807, 2.05) is 0 Å². The van der Waals surface area contributed by atoms with Crippen LogP contribution in [0.25, 0.3) is 0 Å². The van der Waals surface area contributed by atoms with Gasteiger partial charge in [-0.1, -0.05) is 0 Å². The summed E-state index contributed by atoms with van der Waals surface area (Å²) in [4.78, 5) is 11.3. The second-order valence-electron chi connectivity index (χ2n) is 4.05. The minimum atomic E-state index is -0.114. The molecule has 0 N–H and O–H groups in total. The summed E-state index contributed by atoms with van der Waals surface area (Å²) < 4.78 is 5.18. The van der Waals surface area contributed by atoms with Gasteiger partial charge < -0.3 is 4.74 Å². The van der Waals surface area contributed by atoms with E-state index < -0.39 is 0 Å². The Labute approximate surface area is 70.3 Å². The fourth-order valence-corrected chi connectivity index (χ4v) is 3.17. The molecule has 3 aliphatic rings. The van der Waals surface area contributed by atoms with E-state index in [4.69, 9.17) is 10.00 Å². The molecule has 2 bridgehead atoms. The van der Waals surface area contributed by atoms with Crippen LogP contribution in [-0.4, -0.2) is 12.1 Å². The van der Waals surface area contributed by atoms with Gasteiger partial charge in [0.25, 0.3) is 0 Å². The first-order valence-corrected chi connectivity index (χ1v) is 4.41. The summed E-state index contributed by atoms with van der Waals surface area (Å²) in [6.07, 6.45) is 2.14. The first-order valence-electron chi connectivity index (χ1n) is 4.41. The lowest BCUT2D eigenvalue weighted by molar-refractivity contribution is -0.143. The van der Waals surface area contributed by atoms with Crippen molar-refractivity contribution in [2.75, 3.05) is 0 Å². The van der Waals surface area contributed by atoms with Gasteiger partial charge in [0.15, 0.2) is 0 Å². The first-order chi connectivity index (χ1) is 5.81. The molecule has 0 aromatic carbocycles. The smallest absolute Gasteiger partial charge is 0.310 e. The van der Waals surface area contributed by atoms with Gasteiger partial charge in [-0.05, 0) is 18.8 Å². The number of fused-ring (bicyclic) bond motifs is 1. The Kier molecular flexibility index (Phi) is 0.982. The van der Waals surface area contributed by atoms with E-state index in [0.717, 1.165) is 12.8 Å². The molecule has 0 spiro atoms. The van der Waals surface area contributed by atoms with E-state index >= 15 is 0 Å². The van der Waals surface area contributed by atoms with Crippen molar-refractivity contribution in [2.45, 2.75) is 18.9 Å². The second-order valence-corrected chi connectivity index (χ2v) is 4.05. The minimum Gasteiger partial charge on any atom is -0.462 e. The molecule has 12 heavy (non-hydrogen) atoms. The molecular weight excluding hydrogens is 154 g/mol. The largest absolute Gasteiger partial charge is 0.462 e. The molecule has 0 unspecified atom stereocenters. The van der Waals surface area contributed by atoms with Gasteiger partial charge in [-0.15, -0.1) is 0 Å². The third-order valence-corrected chi connectivity index (χ3v) is 3.63. The quantitative estimate of drug-likeness (QED) is 0.494. The summed E-state index contributed by atoms with van der Waals surface area (Å²) in [5.41, 5.74) is 0. The van der Waals surface area contributed by atoms with Crippen LogP contribution < -0.4 is 0 Å². The zero-order valence-electron chi connectivity index (χ0n) is 6.56. The number of nitriles is 1. The van der Waals surface area contributed by atoms with Gasteiger partial charge in [0, 0.05) is 5.92 Å². The first kappa shape index (κ1) is 6.47. The van der Waals surface area contributed by atoms with Crippen LogP contribution in [0.15, 0.2) is 0 Å². The van der Waals surface area contributed by atoms with Crippen LogP contribution in [0.3, 0.4) is 0 Å². The maximum absolute atomic E-state index is 11.3. The van der Waals surface area contributed by atoms with Crippen LogP contribution in [0.2, 0.25) is 0 Å². The number of hydrogen-bond donors (Lipinski definition) is 0. The molecule has 1 saturated heterocycles. The molecule has 3 fully saturated rings. The summed E-state index contributed by atoms with van der Waals surface area (Å²) in [6, 6.07) is 2.25. The Balaban J connectivity index is 2.05. The monoisotopic (exact) mass is 163 g/mol. The fourth-order valence-electron chi connectivity index (χ4n) is 3.17. The van der Waals surface area contributed by atoms with Crippen molar-refractivity contribution in [3.05, 3.63) is 0 Å². The van der Waals surface area contributed by atoms with Gasteiger partial charge in [-0.2, -0.15) is 5.26 Å². The van der Waals surface area contributed by atoms with E-state index in [9.17, 15) is 4.79 Å². The molecule has 1 heterocycles. The normalized spacial score (nSPS) is 53.9. The van der Waals surface area contributed by atoms with Crippen molar-refractivity contribution in [1.82, 2.24) is 0 Å². The molecule has 5 atom stereocenters. The highest BCUT2D eigenvalue weighted by atomic mass is 16.6. The van der Waals surface area contributed by atoms with Gasteiger partial charge >= 0.3 is 5.97 Å². The fraction of sp³-hybridized carbons (Fsp3) is 0.778. The van der Waals surface area contributed by atoms with Crippen molar-refractivity contribution in [3.63, 3.8) is 0 Å². The number of carbonyl (C=O) groups is 1. The molecule has 0 aromatic heterocycles. The summed E-state index contributed by atoms with van der Waals surface area (Å²) in [7, 11) is 0. The summed E-state index contributed by atoms with van der Waals surface area (Å²) >= 11 is 0. The Morgan fingerprint density at radius 1 is 1.50 bits per heavy atom. The minimum absolute atomic E-state index is 0.0405. The van der Waals surface area contributed by atoms with Crippen molar-refractivity contribution in [1.29, 1.82) is 5.26 Å². The van der Waals surface area contributed by atoms with E-state index in [0.29, 0.717) is 11.8 Å². The van der Waals surface area contributed by atoms with Gasteiger partial charge in [0.2, 0.25) is 0 Å². The standard InChI is InChI=1S/C9H9NO2/c10-3-6-4-1-5-7(2-4)12-9(11)8(5)6/h4-8H,1-2H2/t4-,5+,6-,7-,8+/m1/s1. The Bertz CT molecular complexity index is 291. The van der Waals surface area contributed by atoms with E-state index in [1.165, 1.54) is 0 Å². The number of hydrogen-bond acceptors (Lipinski definition) is 3. The van der Waals surface area contributed by atoms with Crippen LogP contribution in [0.5, 0.6) is 0 Å². The lowest BCUT2D eigenvalue weighted by atomic mass is 9.81. The van der Waals surface area contributed by atoms with Crippen molar-refractivity contribution in [3.8, 4) is 6.07 Å². The highest BCUT2D eigenvalue weighted by molar-refractivity contribution is 5.77. The number of carbonyl (C=O) groups excluding carboxylic acids is 1. The molecular formula is C9H9NO2. The molecule has 2 saturated carbocycles. The van der Waals surface area contributed by atoms with Crippen molar-refractivity contribution < 1.29 is 9.53 Å². The molecule has 3 rings (SSSR count). The zero-order chi connectivity index (χ0) is 8.29. The van der Waals surface area contributed by atoms with Crippen LogP contribution in [0, 0.1) is 35.0 Å². The predicted octanol–water partition coefficient (Wildman–Crippen LogP) is 0.708. The van der Waals surface area contributed by atoms with Crippen LogP contribution >= 0.6 is 0 Å². The molecule has 0 radical (unpaired) electrons. The van der Waals surface area contributed by atoms with E-state index in [-0.39, 0.29) is 23.9 Å². The van der Waals surface area contributed by atoms with E-state index in [2.05, 4.69) is 6.07 Å². The average molecular weight is 163 g/mol. The van der Waals surface area contributed by atoms with Crippen molar-refractivity contribution >= 4 is 5.97 Å². The van der Waals surface area contributed by atoms with Crippen LogP contribution in [0.1, 0.15) is 12.8 Å². The Morgan fingerprint density at radius 2 is 2.33 bits per heavy atom. The third kappa shape index (κ3) is 0.523. The molecule has 0 aromatic rings.